The molecule has 4 N–H and O–H groups in total. The zero-order valence-corrected chi connectivity index (χ0v) is 29.5. The van der Waals surface area contributed by atoms with E-state index in [0.717, 1.165) is 27.6 Å². The van der Waals surface area contributed by atoms with E-state index >= 15 is 0 Å². The molecule has 1 aliphatic rings. The minimum absolute atomic E-state index is 0.0164. The number of amides is 3. The van der Waals surface area contributed by atoms with Crippen LogP contribution in [0.3, 0.4) is 0 Å². The molecule has 0 bridgehead atoms. The van der Waals surface area contributed by atoms with Crippen molar-refractivity contribution in [1.29, 1.82) is 0 Å². The average Bonchev–Trinajstić information content (AvgIpc) is 3.78. The Morgan fingerprint density at radius 3 is 2.35 bits per heavy atom. The van der Waals surface area contributed by atoms with Gasteiger partial charge in [0.15, 0.2) is 0 Å². The molecule has 0 saturated heterocycles. The van der Waals surface area contributed by atoms with Crippen molar-refractivity contribution < 1.29 is 22.8 Å². The van der Waals surface area contributed by atoms with Crippen molar-refractivity contribution in [1.82, 2.24) is 24.9 Å². The average molecular weight is 706 g/mol. The number of para-hydroxylation sites is 1. The number of H-pyrrole nitrogens is 1. The predicted octanol–water partition coefficient (Wildman–Crippen LogP) is 5.50. The van der Waals surface area contributed by atoms with E-state index < -0.39 is 40.0 Å². The maximum atomic E-state index is 14.4. The lowest BCUT2D eigenvalue weighted by molar-refractivity contribution is -0.130. The lowest BCUT2D eigenvalue weighted by atomic mass is 9.96. The molecule has 5 aromatic rings. The van der Waals surface area contributed by atoms with Gasteiger partial charge in [0.05, 0.1) is 16.6 Å². The third-order valence-corrected chi connectivity index (χ3v) is 11.1. The van der Waals surface area contributed by atoms with E-state index in [1.54, 1.807) is 42.5 Å². The molecule has 0 fully saturated rings. The van der Waals surface area contributed by atoms with Crippen molar-refractivity contribution in [3.8, 4) is 0 Å². The molecule has 0 unspecified atom stereocenters. The van der Waals surface area contributed by atoms with Crippen LogP contribution in [-0.4, -0.2) is 47.2 Å². The summed E-state index contributed by atoms with van der Waals surface area (Å²) in [6.45, 7) is 3.74. The molecule has 264 valence electrons. The van der Waals surface area contributed by atoms with Gasteiger partial charge in [0.25, 0.3) is 10.0 Å². The zero-order chi connectivity index (χ0) is 36.0. The Bertz CT molecular complexity index is 2140. The van der Waals surface area contributed by atoms with Crippen LogP contribution in [0, 0.1) is 12.8 Å². The summed E-state index contributed by atoms with van der Waals surface area (Å²) in [5, 5.41) is 10.0. The summed E-state index contributed by atoms with van der Waals surface area (Å²) in [6, 6.07) is 25.2. The third-order valence-electron chi connectivity index (χ3n) is 9.38. The lowest BCUT2D eigenvalue weighted by Gasteiger charge is -2.28. The van der Waals surface area contributed by atoms with Crippen LogP contribution in [0.2, 0.25) is 0 Å². The van der Waals surface area contributed by atoms with Crippen LogP contribution in [-0.2, 0) is 37.2 Å². The summed E-state index contributed by atoms with van der Waals surface area (Å²) in [6.07, 6.45) is 8.27. The highest BCUT2D eigenvalue weighted by molar-refractivity contribution is 7.90. The number of carbonyl (C=O) groups is 3. The lowest BCUT2D eigenvalue weighted by Crippen LogP contribution is -2.51. The van der Waals surface area contributed by atoms with E-state index in [-0.39, 0.29) is 36.0 Å². The van der Waals surface area contributed by atoms with Crippen LogP contribution in [0.5, 0.6) is 0 Å². The number of fused-ring (bicyclic) bond motifs is 1. The van der Waals surface area contributed by atoms with E-state index in [2.05, 4.69) is 20.9 Å². The quantitative estimate of drug-likeness (QED) is 0.158. The van der Waals surface area contributed by atoms with Crippen LogP contribution < -0.4 is 16.0 Å². The summed E-state index contributed by atoms with van der Waals surface area (Å²) in [5.74, 6) is -1.51. The number of carbonyl (C=O) groups excluding carboxylic acids is 3. The van der Waals surface area contributed by atoms with Gasteiger partial charge in [0.1, 0.15) is 6.04 Å². The molecule has 4 atom stereocenters. The second-order valence-electron chi connectivity index (χ2n) is 13.2. The summed E-state index contributed by atoms with van der Waals surface area (Å²) in [5.41, 5.74) is 4.11. The van der Waals surface area contributed by atoms with Crippen LogP contribution in [0.15, 0.2) is 120 Å². The molecule has 0 saturated carbocycles. The first kappa shape index (κ1) is 35.4. The molecule has 3 amide bonds. The topological polar surface area (TPSA) is 142 Å². The molecule has 0 radical (unpaired) electrons. The summed E-state index contributed by atoms with van der Waals surface area (Å²) >= 11 is 0. The van der Waals surface area contributed by atoms with Gasteiger partial charge in [-0.05, 0) is 67.1 Å². The van der Waals surface area contributed by atoms with E-state index in [1.165, 1.54) is 10.2 Å². The van der Waals surface area contributed by atoms with Gasteiger partial charge < -0.3 is 20.9 Å². The third kappa shape index (κ3) is 8.49. The molecule has 3 aromatic carbocycles. The second-order valence-corrected chi connectivity index (χ2v) is 15.0. The second kappa shape index (κ2) is 15.6. The fourth-order valence-electron chi connectivity index (χ4n) is 6.60. The van der Waals surface area contributed by atoms with Gasteiger partial charge in [-0.25, -0.2) is 12.4 Å². The van der Waals surface area contributed by atoms with E-state index in [0.29, 0.717) is 18.5 Å². The number of aryl methyl sites for hydroxylation is 2. The largest absolute Gasteiger partial charge is 0.361 e. The van der Waals surface area contributed by atoms with E-state index in [1.807, 2.05) is 80.7 Å². The van der Waals surface area contributed by atoms with Gasteiger partial charge in [-0.3, -0.25) is 14.4 Å². The summed E-state index contributed by atoms with van der Waals surface area (Å²) < 4.78 is 29.0. The van der Waals surface area contributed by atoms with Crippen LogP contribution in [0.4, 0.5) is 0 Å². The van der Waals surface area contributed by atoms with Crippen LogP contribution in [0.1, 0.15) is 54.6 Å². The Morgan fingerprint density at radius 1 is 0.824 bits per heavy atom. The maximum Gasteiger partial charge on any atom is 0.267 e. The Kier molecular flexibility index (Phi) is 10.9. The van der Waals surface area contributed by atoms with Crippen LogP contribution >= 0.6 is 0 Å². The van der Waals surface area contributed by atoms with E-state index in [4.69, 9.17) is 0 Å². The minimum atomic E-state index is -4.02. The van der Waals surface area contributed by atoms with E-state index in [9.17, 15) is 22.8 Å². The van der Waals surface area contributed by atoms with Gasteiger partial charge in [-0.1, -0.05) is 85.3 Å². The molecular formula is C40H43N5O5S. The summed E-state index contributed by atoms with van der Waals surface area (Å²) in [7, 11) is -4.02. The van der Waals surface area contributed by atoms with Crippen molar-refractivity contribution in [2.45, 2.75) is 69.0 Å². The van der Waals surface area contributed by atoms with Gasteiger partial charge in [-0.2, -0.15) is 0 Å². The van der Waals surface area contributed by atoms with Crippen molar-refractivity contribution >= 4 is 38.6 Å². The molecular weight excluding hydrogens is 663 g/mol. The Balaban J connectivity index is 1.34. The highest BCUT2D eigenvalue weighted by Crippen LogP contribution is 2.28. The smallest absolute Gasteiger partial charge is 0.267 e. The van der Waals surface area contributed by atoms with Crippen LogP contribution in [0.25, 0.3) is 10.9 Å². The van der Waals surface area contributed by atoms with Crippen molar-refractivity contribution in [3.05, 3.63) is 138 Å². The van der Waals surface area contributed by atoms with Gasteiger partial charge in [0, 0.05) is 48.6 Å². The molecule has 6 rings (SSSR count). The molecule has 0 spiro atoms. The first-order valence-electron chi connectivity index (χ1n) is 17.2. The number of aromatic nitrogens is 2. The standard InChI is InChI=1S/C40H43N5O5S/c1-27-17-21-32(22-18-27)51(49,50)45-23-9-15-36(45)39-28(2)10-8-16-37(46)42-31(20-19-29-11-4-3-5-12-29)25-38(47)43-35(40(48)44-39)24-30-26-41-34-14-7-6-13-33(30)34/h3-15,17-18,21-23,26,28,31,35,39,41H,16,19-20,24-25H2,1-2H3,(H,42,46)(H,43,47)(H,44,48)/b10-8+/t28-,31-,35-,39+/m0/s1. The van der Waals surface area contributed by atoms with Crippen molar-refractivity contribution in [2.75, 3.05) is 0 Å². The first-order valence-corrected chi connectivity index (χ1v) is 18.7. The van der Waals surface area contributed by atoms with Crippen molar-refractivity contribution in [2.24, 2.45) is 5.92 Å². The maximum absolute atomic E-state index is 14.4. The molecule has 11 heteroatoms. The van der Waals surface area contributed by atoms with Gasteiger partial charge >= 0.3 is 0 Å². The summed E-state index contributed by atoms with van der Waals surface area (Å²) in [4.78, 5) is 44.6. The normalized spacial score (nSPS) is 21.3. The molecule has 3 heterocycles. The first-order chi connectivity index (χ1) is 24.6. The predicted molar refractivity (Wildman–Crippen MR) is 197 cm³/mol. The number of hydrogen-bond donors (Lipinski definition) is 4. The molecule has 0 aliphatic carbocycles. The monoisotopic (exact) mass is 705 g/mol. The number of nitrogens with zero attached hydrogens (tertiary/aromatic N) is 1. The van der Waals surface area contributed by atoms with Gasteiger partial charge in [-0.15, -0.1) is 0 Å². The minimum Gasteiger partial charge on any atom is -0.361 e. The van der Waals surface area contributed by atoms with Crippen molar-refractivity contribution in [3.63, 3.8) is 0 Å². The molecule has 51 heavy (non-hydrogen) atoms. The highest BCUT2D eigenvalue weighted by Gasteiger charge is 2.32. The number of rotatable bonds is 8. The molecule has 1 aliphatic heterocycles. The Hall–Kier alpha value is -5.42. The zero-order valence-electron chi connectivity index (χ0n) is 28.7. The fraction of sp³-hybridized carbons (Fsp3) is 0.275. The SMILES string of the molecule is Cc1ccc(S(=O)(=O)n2cccc2[C@@H]2NC(=O)[C@H](Cc3c[nH]c4ccccc34)NC(=O)C[C@H](CCc3ccccc3)NC(=O)C/C=C/[C@@H]2C)cc1. The fourth-order valence-corrected chi connectivity index (χ4v) is 7.99. The molecule has 2 aromatic heterocycles. The highest BCUT2D eigenvalue weighted by atomic mass is 32.2. The number of hydrogen-bond acceptors (Lipinski definition) is 5. The molecule has 10 nitrogen and oxygen atoms in total. The Labute approximate surface area is 298 Å². The van der Waals surface area contributed by atoms with Gasteiger partial charge in [0.2, 0.25) is 17.7 Å². The number of benzene rings is 3. The number of aromatic amines is 1. The number of nitrogens with one attached hydrogen (secondary N) is 4. The Morgan fingerprint density at radius 2 is 1.57 bits per heavy atom.